The molecule has 1 amide bonds. The van der Waals surface area contributed by atoms with E-state index in [1.54, 1.807) is 36.0 Å². The van der Waals surface area contributed by atoms with Gasteiger partial charge in [0.2, 0.25) is 5.91 Å². The first-order valence-corrected chi connectivity index (χ1v) is 6.48. The van der Waals surface area contributed by atoms with Gasteiger partial charge in [-0.15, -0.1) is 0 Å². The van der Waals surface area contributed by atoms with Gasteiger partial charge in [0.05, 0.1) is 0 Å². The number of rotatable bonds is 4. The number of aromatic amines is 1. The lowest BCUT2D eigenvalue weighted by molar-refractivity contribution is -0.116. The molecule has 0 fully saturated rings. The lowest BCUT2D eigenvalue weighted by atomic mass is 10.2. The average Bonchev–Trinajstić information content (AvgIpc) is 2.81. The topological polar surface area (TPSA) is 79.8 Å². The van der Waals surface area contributed by atoms with Crippen LogP contribution in [0.2, 0.25) is 0 Å². The molecular weight excluding hydrogens is 256 g/mol. The number of carbonyl (C=O) groups is 1. The van der Waals surface area contributed by atoms with Crippen molar-refractivity contribution < 1.29 is 4.79 Å². The molecule has 6 heteroatoms. The maximum atomic E-state index is 12.0. The van der Waals surface area contributed by atoms with E-state index >= 15 is 0 Å². The van der Waals surface area contributed by atoms with Crippen molar-refractivity contribution in [3.63, 3.8) is 0 Å². The molecule has 2 N–H and O–H groups in total. The number of nitrogens with one attached hydrogen (secondary N) is 2. The number of nitrogens with zero attached hydrogens (tertiary/aromatic N) is 2. The number of amides is 1. The minimum Gasteiger partial charge on any atom is -0.325 e. The van der Waals surface area contributed by atoms with E-state index in [2.05, 4.69) is 15.3 Å². The number of hydrogen-bond acceptors (Lipinski definition) is 3. The summed E-state index contributed by atoms with van der Waals surface area (Å²) in [6, 6.07) is 3.34. The van der Waals surface area contributed by atoms with Crippen LogP contribution < -0.4 is 10.9 Å². The van der Waals surface area contributed by atoms with Crippen molar-refractivity contribution in [2.75, 3.05) is 5.32 Å². The number of anilines is 1. The van der Waals surface area contributed by atoms with Crippen LogP contribution in [0.25, 0.3) is 0 Å². The first kappa shape index (κ1) is 14.0. The Kier molecular flexibility index (Phi) is 4.02. The number of imidazole rings is 1. The second-order valence-electron chi connectivity index (χ2n) is 5.00. The predicted octanol–water partition coefficient (Wildman–Crippen LogP) is 1.64. The summed E-state index contributed by atoms with van der Waals surface area (Å²) in [7, 11) is 0. The van der Waals surface area contributed by atoms with E-state index in [-0.39, 0.29) is 29.6 Å². The molecule has 0 aliphatic rings. The Morgan fingerprint density at radius 1 is 1.45 bits per heavy atom. The van der Waals surface area contributed by atoms with E-state index in [4.69, 9.17) is 0 Å². The van der Waals surface area contributed by atoms with Crippen LogP contribution in [0, 0.1) is 6.92 Å². The van der Waals surface area contributed by atoms with Gasteiger partial charge in [-0.05, 0) is 19.1 Å². The monoisotopic (exact) mass is 274 g/mol. The molecule has 0 saturated heterocycles. The maximum Gasteiger partial charge on any atom is 0.271 e. The van der Waals surface area contributed by atoms with Crippen LogP contribution in [0.3, 0.4) is 0 Å². The molecule has 0 bridgehead atoms. The summed E-state index contributed by atoms with van der Waals surface area (Å²) in [6.07, 6.45) is 3.43. The summed E-state index contributed by atoms with van der Waals surface area (Å²) in [5.41, 5.74) is 0.713. The molecule has 2 heterocycles. The third kappa shape index (κ3) is 3.14. The highest BCUT2D eigenvalue weighted by molar-refractivity contribution is 5.90. The summed E-state index contributed by atoms with van der Waals surface area (Å²) >= 11 is 0. The van der Waals surface area contributed by atoms with Crippen LogP contribution in [-0.2, 0) is 11.3 Å². The Morgan fingerprint density at radius 2 is 2.20 bits per heavy atom. The Hall–Kier alpha value is -2.37. The van der Waals surface area contributed by atoms with Crippen molar-refractivity contribution in [3.05, 3.63) is 46.4 Å². The fourth-order valence-electron chi connectivity index (χ4n) is 1.97. The molecule has 2 aromatic rings. The molecule has 0 saturated carbocycles. The van der Waals surface area contributed by atoms with E-state index in [9.17, 15) is 9.59 Å². The summed E-state index contributed by atoms with van der Waals surface area (Å²) < 4.78 is 1.78. The molecule has 106 valence electrons. The van der Waals surface area contributed by atoms with Crippen LogP contribution >= 0.6 is 0 Å². The van der Waals surface area contributed by atoms with Crippen LogP contribution in [0.15, 0.2) is 29.3 Å². The van der Waals surface area contributed by atoms with Crippen LogP contribution in [0.4, 0.5) is 5.69 Å². The normalized spacial score (nSPS) is 10.8. The first-order valence-electron chi connectivity index (χ1n) is 6.48. The molecule has 2 rings (SSSR count). The summed E-state index contributed by atoms with van der Waals surface area (Å²) in [6.45, 7) is 5.96. The lowest BCUT2D eigenvalue weighted by Crippen LogP contribution is -2.24. The highest BCUT2D eigenvalue weighted by atomic mass is 16.2. The lowest BCUT2D eigenvalue weighted by Gasteiger charge is -2.10. The molecule has 0 aromatic carbocycles. The number of pyridine rings is 1. The van der Waals surface area contributed by atoms with Crippen LogP contribution in [0.5, 0.6) is 0 Å². The molecule has 0 aliphatic carbocycles. The van der Waals surface area contributed by atoms with Gasteiger partial charge in [-0.25, -0.2) is 4.98 Å². The van der Waals surface area contributed by atoms with Crippen LogP contribution in [0.1, 0.15) is 31.3 Å². The van der Waals surface area contributed by atoms with E-state index in [0.717, 1.165) is 11.5 Å². The average molecular weight is 274 g/mol. The molecule has 0 unspecified atom stereocenters. The second kappa shape index (κ2) is 5.73. The molecule has 0 radical (unpaired) electrons. The zero-order valence-electron chi connectivity index (χ0n) is 11.8. The molecule has 2 aromatic heterocycles. The minimum atomic E-state index is -0.298. The van der Waals surface area contributed by atoms with Crippen molar-refractivity contribution in [1.29, 1.82) is 0 Å². The number of carbonyl (C=O) groups excluding carboxylic acids is 1. The fourth-order valence-corrected chi connectivity index (χ4v) is 1.97. The third-order valence-electron chi connectivity index (χ3n) is 2.91. The number of aryl methyl sites for hydroxylation is 1. The molecule has 20 heavy (non-hydrogen) atoms. The van der Waals surface area contributed by atoms with Crippen molar-refractivity contribution in [2.24, 2.45) is 0 Å². The molecular formula is C14H18N4O2. The largest absolute Gasteiger partial charge is 0.325 e. The SMILES string of the molecule is Cc1ccc(NC(=O)Cn2ccnc2C(C)C)c(=O)[nH]1. The Bertz CT molecular complexity index is 670. The molecule has 0 aliphatic heterocycles. The molecule has 0 atom stereocenters. The van der Waals surface area contributed by atoms with Gasteiger partial charge in [-0.2, -0.15) is 0 Å². The zero-order valence-corrected chi connectivity index (χ0v) is 11.8. The molecule has 6 nitrogen and oxygen atoms in total. The van der Waals surface area contributed by atoms with Gasteiger partial charge < -0.3 is 14.9 Å². The van der Waals surface area contributed by atoms with Gasteiger partial charge in [0.25, 0.3) is 5.56 Å². The van der Waals surface area contributed by atoms with Crippen molar-refractivity contribution in [3.8, 4) is 0 Å². The van der Waals surface area contributed by atoms with Crippen molar-refractivity contribution in [2.45, 2.75) is 33.2 Å². The van der Waals surface area contributed by atoms with Crippen molar-refractivity contribution in [1.82, 2.24) is 14.5 Å². The highest BCUT2D eigenvalue weighted by Crippen LogP contribution is 2.11. The molecule has 0 spiro atoms. The number of hydrogen-bond donors (Lipinski definition) is 2. The van der Waals surface area contributed by atoms with E-state index in [1.165, 1.54) is 0 Å². The Morgan fingerprint density at radius 3 is 2.85 bits per heavy atom. The smallest absolute Gasteiger partial charge is 0.271 e. The quantitative estimate of drug-likeness (QED) is 0.889. The van der Waals surface area contributed by atoms with E-state index < -0.39 is 0 Å². The van der Waals surface area contributed by atoms with Crippen molar-refractivity contribution >= 4 is 11.6 Å². The predicted molar refractivity (Wildman–Crippen MR) is 76.7 cm³/mol. The summed E-state index contributed by atoms with van der Waals surface area (Å²) in [5, 5.41) is 2.61. The van der Waals surface area contributed by atoms with E-state index in [0.29, 0.717) is 0 Å². The van der Waals surface area contributed by atoms with Gasteiger partial charge in [-0.1, -0.05) is 13.8 Å². The third-order valence-corrected chi connectivity index (χ3v) is 2.91. The minimum absolute atomic E-state index is 0.140. The van der Waals surface area contributed by atoms with E-state index in [1.807, 2.05) is 13.8 Å². The second-order valence-corrected chi connectivity index (χ2v) is 5.00. The van der Waals surface area contributed by atoms with Gasteiger partial charge in [0.15, 0.2) is 0 Å². The number of H-pyrrole nitrogens is 1. The van der Waals surface area contributed by atoms with Gasteiger partial charge >= 0.3 is 0 Å². The maximum absolute atomic E-state index is 12.0. The standard InChI is InChI=1S/C14H18N4O2/c1-9(2)13-15-6-7-18(13)8-12(19)17-11-5-4-10(3)16-14(11)20/h4-7,9H,8H2,1-3H3,(H,16,20)(H,17,19). The zero-order chi connectivity index (χ0) is 14.7. The summed E-state index contributed by atoms with van der Waals surface area (Å²) in [5.74, 6) is 0.831. The Balaban J connectivity index is 2.09. The highest BCUT2D eigenvalue weighted by Gasteiger charge is 2.11. The van der Waals surface area contributed by atoms with Gasteiger partial charge in [0.1, 0.15) is 18.1 Å². The van der Waals surface area contributed by atoms with Gasteiger partial charge in [-0.3, -0.25) is 9.59 Å². The Labute approximate surface area is 116 Å². The van der Waals surface area contributed by atoms with Crippen LogP contribution in [-0.4, -0.2) is 20.4 Å². The number of aromatic nitrogens is 3. The fraction of sp³-hybridized carbons (Fsp3) is 0.357. The van der Waals surface area contributed by atoms with Gasteiger partial charge in [0, 0.05) is 24.0 Å². The summed E-state index contributed by atoms with van der Waals surface area (Å²) in [4.78, 5) is 30.5. The first-order chi connectivity index (χ1) is 9.47.